The van der Waals surface area contributed by atoms with E-state index >= 15 is 0 Å². The lowest BCUT2D eigenvalue weighted by Crippen LogP contribution is -2.38. The number of aliphatic imine (C=N–C) groups is 1. The molecule has 1 heterocycles. The van der Waals surface area contributed by atoms with E-state index in [-0.39, 0.29) is 12.5 Å². The van der Waals surface area contributed by atoms with E-state index in [0.717, 1.165) is 29.9 Å². The summed E-state index contributed by atoms with van der Waals surface area (Å²) in [6.07, 6.45) is 2.08. The van der Waals surface area contributed by atoms with Gasteiger partial charge in [-0.2, -0.15) is 0 Å². The molecular weight excluding hydrogens is 378 g/mol. The topological polar surface area (TPSA) is 82.8 Å². The van der Waals surface area contributed by atoms with Crippen LogP contribution in [-0.4, -0.2) is 41.6 Å². The Morgan fingerprint density at radius 1 is 1.13 bits per heavy atom. The molecule has 0 aliphatic carbocycles. The van der Waals surface area contributed by atoms with Gasteiger partial charge >= 0.3 is 0 Å². The fourth-order valence-corrected chi connectivity index (χ4v) is 3.25. The summed E-state index contributed by atoms with van der Waals surface area (Å²) in [6, 6.07) is 12.0. The summed E-state index contributed by atoms with van der Waals surface area (Å²) < 4.78 is 5.45. The van der Waals surface area contributed by atoms with Gasteiger partial charge in [0.05, 0.1) is 12.2 Å². The Morgan fingerprint density at radius 2 is 1.87 bits per heavy atom. The van der Waals surface area contributed by atoms with Gasteiger partial charge in [0.2, 0.25) is 5.91 Å². The first-order chi connectivity index (χ1) is 14.6. The molecule has 30 heavy (non-hydrogen) atoms. The van der Waals surface area contributed by atoms with Crippen molar-refractivity contribution < 1.29 is 9.32 Å². The normalized spacial score (nSPS) is 11.6. The number of benzene rings is 1. The predicted molar refractivity (Wildman–Crippen MR) is 120 cm³/mol. The van der Waals surface area contributed by atoms with Gasteiger partial charge < -0.3 is 20.1 Å². The van der Waals surface area contributed by atoms with Crippen molar-refractivity contribution in [1.29, 1.82) is 0 Å². The standard InChI is InChI=1S/C23H35N5O2/c1-5-19(6-2)21-14-20(30-27-21)15-25-23(24-7-3)26-16-22(29)28(8-4)17-18-12-10-9-11-13-18/h9-14,19H,5-8,15-17H2,1-4H3,(H2,24,25,26). The Hall–Kier alpha value is -2.83. The smallest absolute Gasteiger partial charge is 0.244 e. The zero-order valence-electron chi connectivity index (χ0n) is 18.6. The molecule has 2 N–H and O–H groups in total. The molecule has 0 unspecified atom stereocenters. The van der Waals surface area contributed by atoms with Gasteiger partial charge in [-0.3, -0.25) is 4.79 Å². The maximum absolute atomic E-state index is 12.6. The monoisotopic (exact) mass is 413 g/mol. The Balaban J connectivity index is 1.93. The first-order valence-electron chi connectivity index (χ1n) is 10.9. The molecule has 0 atom stereocenters. The summed E-state index contributed by atoms with van der Waals surface area (Å²) in [6.45, 7) is 10.8. The molecule has 0 spiro atoms. The highest BCUT2D eigenvalue weighted by atomic mass is 16.5. The second kappa shape index (κ2) is 12.7. The molecule has 7 heteroatoms. The first-order valence-corrected chi connectivity index (χ1v) is 10.9. The van der Waals surface area contributed by atoms with E-state index in [4.69, 9.17) is 4.52 Å². The van der Waals surface area contributed by atoms with E-state index in [1.807, 2.05) is 50.2 Å². The number of likely N-dealkylation sites (N-methyl/N-ethyl adjacent to an activating group) is 1. The van der Waals surface area contributed by atoms with Crippen LogP contribution in [0.25, 0.3) is 0 Å². The van der Waals surface area contributed by atoms with Crippen molar-refractivity contribution in [1.82, 2.24) is 20.7 Å². The van der Waals surface area contributed by atoms with Gasteiger partial charge in [-0.25, -0.2) is 4.99 Å². The zero-order chi connectivity index (χ0) is 21.8. The number of rotatable bonds is 11. The second-order valence-electron chi connectivity index (χ2n) is 7.17. The maximum Gasteiger partial charge on any atom is 0.244 e. The fraction of sp³-hybridized carbons (Fsp3) is 0.522. The minimum atomic E-state index is -0.00533. The van der Waals surface area contributed by atoms with Gasteiger partial charge in [0, 0.05) is 31.6 Å². The van der Waals surface area contributed by atoms with Crippen LogP contribution in [-0.2, 0) is 17.9 Å². The average Bonchev–Trinajstić information content (AvgIpc) is 3.24. The fourth-order valence-electron chi connectivity index (χ4n) is 3.25. The molecule has 1 aromatic carbocycles. The van der Waals surface area contributed by atoms with Crippen LogP contribution in [0, 0.1) is 0 Å². The Kier molecular flexibility index (Phi) is 9.91. The van der Waals surface area contributed by atoms with Crippen molar-refractivity contribution in [3.8, 4) is 0 Å². The van der Waals surface area contributed by atoms with E-state index in [9.17, 15) is 4.79 Å². The zero-order valence-corrected chi connectivity index (χ0v) is 18.6. The minimum absolute atomic E-state index is 0.00533. The van der Waals surface area contributed by atoms with Gasteiger partial charge in [0.25, 0.3) is 0 Å². The molecular formula is C23H35N5O2. The molecule has 1 amide bonds. The van der Waals surface area contributed by atoms with E-state index < -0.39 is 0 Å². The lowest BCUT2D eigenvalue weighted by molar-refractivity contribution is -0.130. The van der Waals surface area contributed by atoms with Crippen molar-refractivity contribution in [2.75, 3.05) is 19.6 Å². The summed E-state index contributed by atoms with van der Waals surface area (Å²) in [5.74, 6) is 1.76. The van der Waals surface area contributed by atoms with Crippen molar-refractivity contribution in [3.63, 3.8) is 0 Å². The van der Waals surface area contributed by atoms with Gasteiger partial charge in [-0.15, -0.1) is 0 Å². The number of nitrogens with zero attached hydrogens (tertiary/aromatic N) is 3. The van der Waals surface area contributed by atoms with Crippen molar-refractivity contribution >= 4 is 11.9 Å². The van der Waals surface area contributed by atoms with Crippen LogP contribution < -0.4 is 10.6 Å². The Bertz CT molecular complexity index is 784. The van der Waals surface area contributed by atoms with Crippen LogP contribution in [0.15, 0.2) is 45.9 Å². The number of hydrogen-bond acceptors (Lipinski definition) is 4. The molecule has 164 valence electrons. The SMILES string of the molecule is CCNC(=NCC(=O)N(CC)Cc1ccccc1)NCc1cc(C(CC)CC)no1. The molecule has 0 radical (unpaired) electrons. The summed E-state index contributed by atoms with van der Waals surface area (Å²) >= 11 is 0. The third-order valence-electron chi connectivity index (χ3n) is 5.08. The highest BCUT2D eigenvalue weighted by molar-refractivity contribution is 5.84. The largest absolute Gasteiger partial charge is 0.359 e. The van der Waals surface area contributed by atoms with Gasteiger partial charge in [-0.05, 0) is 32.3 Å². The second-order valence-corrected chi connectivity index (χ2v) is 7.17. The van der Waals surface area contributed by atoms with E-state index in [1.54, 1.807) is 4.90 Å². The molecule has 2 aromatic rings. The predicted octanol–water partition coefficient (Wildman–Crippen LogP) is 3.68. The van der Waals surface area contributed by atoms with Crippen molar-refractivity contribution in [2.45, 2.75) is 59.5 Å². The lowest BCUT2D eigenvalue weighted by atomic mass is 9.99. The summed E-state index contributed by atoms with van der Waals surface area (Å²) in [4.78, 5) is 18.9. The van der Waals surface area contributed by atoms with Crippen molar-refractivity contribution in [3.05, 3.63) is 53.4 Å². The number of nitrogens with one attached hydrogen (secondary N) is 2. The molecule has 0 fully saturated rings. The number of amides is 1. The molecule has 0 saturated carbocycles. The molecule has 0 bridgehead atoms. The minimum Gasteiger partial charge on any atom is -0.359 e. The van der Waals surface area contributed by atoms with Crippen molar-refractivity contribution in [2.24, 2.45) is 4.99 Å². The molecule has 7 nitrogen and oxygen atoms in total. The van der Waals surface area contributed by atoms with Crippen LogP contribution in [0.1, 0.15) is 63.5 Å². The lowest BCUT2D eigenvalue weighted by Gasteiger charge is -2.20. The average molecular weight is 414 g/mol. The number of carbonyl (C=O) groups is 1. The highest BCUT2D eigenvalue weighted by Crippen LogP contribution is 2.22. The Morgan fingerprint density at radius 3 is 2.50 bits per heavy atom. The summed E-state index contributed by atoms with van der Waals surface area (Å²) in [7, 11) is 0. The van der Waals surface area contributed by atoms with Crippen LogP contribution in [0.2, 0.25) is 0 Å². The van der Waals surface area contributed by atoms with Gasteiger partial charge in [-0.1, -0.05) is 49.3 Å². The molecule has 1 aromatic heterocycles. The third kappa shape index (κ3) is 7.21. The maximum atomic E-state index is 12.6. The van der Waals surface area contributed by atoms with Gasteiger partial charge in [0.15, 0.2) is 11.7 Å². The van der Waals surface area contributed by atoms with Crippen LogP contribution in [0.4, 0.5) is 0 Å². The summed E-state index contributed by atoms with van der Waals surface area (Å²) in [5.41, 5.74) is 2.11. The third-order valence-corrected chi connectivity index (χ3v) is 5.08. The summed E-state index contributed by atoms with van der Waals surface area (Å²) in [5, 5.41) is 10.6. The van der Waals surface area contributed by atoms with Crippen LogP contribution in [0.5, 0.6) is 0 Å². The quantitative estimate of drug-likeness (QED) is 0.434. The van der Waals surface area contributed by atoms with Crippen LogP contribution in [0.3, 0.4) is 0 Å². The molecule has 2 rings (SSSR count). The van der Waals surface area contributed by atoms with E-state index in [2.05, 4.69) is 34.6 Å². The van der Waals surface area contributed by atoms with Gasteiger partial charge in [0.1, 0.15) is 6.54 Å². The number of aromatic nitrogens is 1. The Labute approximate surface area is 179 Å². The first kappa shape index (κ1) is 23.4. The number of guanidine groups is 1. The van der Waals surface area contributed by atoms with Crippen LogP contribution >= 0.6 is 0 Å². The van der Waals surface area contributed by atoms with E-state index in [0.29, 0.717) is 38.1 Å². The highest BCUT2D eigenvalue weighted by Gasteiger charge is 2.14. The molecule has 0 aliphatic heterocycles. The number of hydrogen-bond donors (Lipinski definition) is 2. The number of carbonyl (C=O) groups excluding carboxylic acids is 1. The van der Waals surface area contributed by atoms with E-state index in [1.165, 1.54) is 0 Å². The molecule has 0 saturated heterocycles. The molecule has 0 aliphatic rings.